The van der Waals surface area contributed by atoms with Crippen molar-refractivity contribution in [3.05, 3.63) is 101 Å². The summed E-state index contributed by atoms with van der Waals surface area (Å²) in [5.41, 5.74) is 1.30. The molecule has 33 heavy (non-hydrogen) atoms. The summed E-state index contributed by atoms with van der Waals surface area (Å²) in [5.74, 6) is -0.659. The predicted octanol–water partition coefficient (Wildman–Crippen LogP) is 4.69. The normalized spacial score (nSPS) is 12.8. The highest BCUT2D eigenvalue weighted by molar-refractivity contribution is 7.92. The second kappa shape index (κ2) is 9.66. The van der Waals surface area contributed by atoms with E-state index in [1.54, 1.807) is 0 Å². The fourth-order valence-corrected chi connectivity index (χ4v) is 4.28. The molecule has 0 spiro atoms. The lowest BCUT2D eigenvalue weighted by Crippen LogP contribution is -2.42. The second-order valence-corrected chi connectivity index (χ2v) is 9.55. The molecule has 0 aliphatic heterocycles. The van der Waals surface area contributed by atoms with Gasteiger partial charge in [-0.25, -0.2) is 8.42 Å². The van der Waals surface area contributed by atoms with E-state index in [9.17, 15) is 26.4 Å². The maximum atomic E-state index is 13.1. The van der Waals surface area contributed by atoms with E-state index in [4.69, 9.17) is 0 Å². The Bertz CT molecular complexity index is 1230. The molecule has 0 bridgehead atoms. The molecule has 3 aromatic carbocycles. The van der Waals surface area contributed by atoms with Gasteiger partial charge in [0.2, 0.25) is 15.9 Å². The zero-order valence-corrected chi connectivity index (χ0v) is 18.8. The molecule has 0 radical (unpaired) electrons. The van der Waals surface area contributed by atoms with Crippen LogP contribution < -0.4 is 9.62 Å². The lowest BCUT2D eigenvalue weighted by molar-refractivity contribution is -0.137. The van der Waals surface area contributed by atoms with Crippen LogP contribution in [0.15, 0.2) is 78.9 Å². The molecule has 0 saturated heterocycles. The van der Waals surface area contributed by atoms with Crippen LogP contribution in [0.2, 0.25) is 0 Å². The van der Waals surface area contributed by atoms with Gasteiger partial charge in [0.1, 0.15) is 6.54 Å². The number of nitrogens with zero attached hydrogens (tertiary/aromatic N) is 1. The number of alkyl halides is 3. The SMILES string of the molecule is Cc1cccc(C(NC(=O)CN(c2cccc(C(F)(F)F)c2)S(C)(=O)=O)c2ccccc2)c1. The Morgan fingerprint density at radius 3 is 2.18 bits per heavy atom. The molecule has 1 N–H and O–H groups in total. The molecular formula is C24H23F3N2O3S. The van der Waals surface area contributed by atoms with Crippen molar-refractivity contribution in [2.45, 2.75) is 19.1 Å². The lowest BCUT2D eigenvalue weighted by atomic mass is 9.97. The van der Waals surface area contributed by atoms with Gasteiger partial charge in [-0.15, -0.1) is 0 Å². The maximum absolute atomic E-state index is 13.1. The third kappa shape index (κ3) is 6.35. The fourth-order valence-electron chi connectivity index (χ4n) is 3.43. The summed E-state index contributed by atoms with van der Waals surface area (Å²) in [6.45, 7) is 1.24. The number of hydrogen-bond donors (Lipinski definition) is 1. The number of nitrogens with one attached hydrogen (secondary N) is 1. The van der Waals surface area contributed by atoms with Gasteiger partial charge in [0, 0.05) is 0 Å². The van der Waals surface area contributed by atoms with Gasteiger partial charge >= 0.3 is 6.18 Å². The molecule has 3 aromatic rings. The molecule has 1 atom stereocenters. The summed E-state index contributed by atoms with van der Waals surface area (Å²) in [7, 11) is -4.04. The number of anilines is 1. The predicted molar refractivity (Wildman–Crippen MR) is 121 cm³/mol. The first-order valence-corrected chi connectivity index (χ1v) is 11.9. The summed E-state index contributed by atoms with van der Waals surface area (Å²) < 4.78 is 64.8. The van der Waals surface area contributed by atoms with Gasteiger partial charge in [-0.1, -0.05) is 66.2 Å². The van der Waals surface area contributed by atoms with Gasteiger partial charge < -0.3 is 5.32 Å². The minimum atomic E-state index is -4.65. The number of amides is 1. The zero-order chi connectivity index (χ0) is 24.2. The van der Waals surface area contributed by atoms with Crippen molar-refractivity contribution in [2.24, 2.45) is 0 Å². The van der Waals surface area contributed by atoms with Crippen LogP contribution >= 0.6 is 0 Å². The Labute approximate surface area is 190 Å². The Morgan fingerprint density at radius 1 is 0.939 bits per heavy atom. The molecule has 0 aliphatic carbocycles. The van der Waals surface area contributed by atoms with Crippen molar-refractivity contribution < 1.29 is 26.4 Å². The van der Waals surface area contributed by atoms with Crippen molar-refractivity contribution in [3.63, 3.8) is 0 Å². The number of halogens is 3. The van der Waals surface area contributed by atoms with Gasteiger partial charge in [0.05, 0.1) is 23.5 Å². The second-order valence-electron chi connectivity index (χ2n) is 7.64. The summed E-state index contributed by atoms with van der Waals surface area (Å²) in [6.07, 6.45) is -3.80. The minimum Gasteiger partial charge on any atom is -0.344 e. The van der Waals surface area contributed by atoms with Crippen LogP contribution in [0.1, 0.15) is 28.3 Å². The lowest BCUT2D eigenvalue weighted by Gasteiger charge is -2.25. The third-order valence-electron chi connectivity index (χ3n) is 4.96. The minimum absolute atomic E-state index is 0.241. The molecule has 0 fully saturated rings. The standard InChI is InChI=1S/C24H23F3N2O3S/c1-17-8-6-11-19(14-17)23(18-9-4-3-5-10-18)28-22(30)16-29(33(2,31)32)21-13-7-12-20(15-21)24(25,26)27/h3-15,23H,16H2,1-2H3,(H,28,30). The highest BCUT2D eigenvalue weighted by Gasteiger charge is 2.32. The summed E-state index contributed by atoms with van der Waals surface area (Å²) in [5, 5.41) is 2.83. The molecule has 0 aliphatic rings. The molecule has 5 nitrogen and oxygen atoms in total. The molecular weight excluding hydrogens is 453 g/mol. The first-order chi connectivity index (χ1) is 15.4. The Hall–Kier alpha value is -3.33. The van der Waals surface area contributed by atoms with Crippen molar-refractivity contribution >= 4 is 21.6 Å². The van der Waals surface area contributed by atoms with E-state index in [-0.39, 0.29) is 5.69 Å². The van der Waals surface area contributed by atoms with Crippen LogP contribution in [0.3, 0.4) is 0 Å². The van der Waals surface area contributed by atoms with E-state index < -0.39 is 40.3 Å². The quantitative estimate of drug-likeness (QED) is 0.538. The van der Waals surface area contributed by atoms with E-state index in [0.29, 0.717) is 10.4 Å². The summed E-state index contributed by atoms with van der Waals surface area (Å²) >= 11 is 0. The molecule has 3 rings (SSSR count). The number of benzene rings is 3. The van der Waals surface area contributed by atoms with E-state index >= 15 is 0 Å². The van der Waals surface area contributed by atoms with Crippen LogP contribution in [-0.2, 0) is 21.0 Å². The molecule has 174 valence electrons. The van der Waals surface area contributed by atoms with Gasteiger partial charge in [0.15, 0.2) is 0 Å². The number of hydrogen-bond acceptors (Lipinski definition) is 3. The molecule has 1 unspecified atom stereocenters. The molecule has 0 aromatic heterocycles. The highest BCUT2D eigenvalue weighted by Crippen LogP contribution is 2.32. The maximum Gasteiger partial charge on any atom is 0.416 e. The largest absolute Gasteiger partial charge is 0.416 e. The van der Waals surface area contributed by atoms with Crippen molar-refractivity contribution in [1.29, 1.82) is 0 Å². The number of carbonyl (C=O) groups excluding carboxylic acids is 1. The summed E-state index contributed by atoms with van der Waals surface area (Å²) in [4.78, 5) is 13.0. The smallest absolute Gasteiger partial charge is 0.344 e. The molecule has 1 amide bonds. The topological polar surface area (TPSA) is 66.5 Å². The number of aryl methyl sites for hydroxylation is 1. The summed E-state index contributed by atoms with van der Waals surface area (Å²) in [6, 6.07) is 19.9. The molecule has 0 saturated carbocycles. The van der Waals surface area contributed by atoms with Gasteiger partial charge in [-0.3, -0.25) is 9.10 Å². The average molecular weight is 477 g/mol. The zero-order valence-electron chi connectivity index (χ0n) is 18.0. The number of rotatable bonds is 7. The van der Waals surface area contributed by atoms with Crippen LogP contribution in [0.25, 0.3) is 0 Å². The van der Waals surface area contributed by atoms with Gasteiger partial charge in [-0.05, 0) is 36.2 Å². The van der Waals surface area contributed by atoms with E-state index in [1.807, 2.05) is 61.5 Å². The number of carbonyl (C=O) groups is 1. The third-order valence-corrected chi connectivity index (χ3v) is 6.10. The first kappa shape index (κ1) is 24.3. The van der Waals surface area contributed by atoms with E-state index in [0.717, 1.165) is 35.1 Å². The van der Waals surface area contributed by atoms with Gasteiger partial charge in [0.25, 0.3) is 0 Å². The van der Waals surface area contributed by atoms with Crippen LogP contribution in [0.5, 0.6) is 0 Å². The van der Waals surface area contributed by atoms with Crippen LogP contribution in [0.4, 0.5) is 18.9 Å². The fraction of sp³-hybridized carbons (Fsp3) is 0.208. The molecule has 0 heterocycles. The monoisotopic (exact) mass is 476 g/mol. The van der Waals surface area contributed by atoms with Crippen molar-refractivity contribution in [1.82, 2.24) is 5.32 Å². The Morgan fingerprint density at radius 2 is 1.58 bits per heavy atom. The van der Waals surface area contributed by atoms with Gasteiger partial charge in [-0.2, -0.15) is 13.2 Å². The highest BCUT2D eigenvalue weighted by atomic mass is 32.2. The number of sulfonamides is 1. The Kier molecular flexibility index (Phi) is 7.12. The van der Waals surface area contributed by atoms with E-state index in [2.05, 4.69) is 5.32 Å². The van der Waals surface area contributed by atoms with E-state index in [1.165, 1.54) is 6.07 Å². The molecule has 9 heteroatoms. The average Bonchev–Trinajstić information content (AvgIpc) is 2.75. The first-order valence-electron chi connectivity index (χ1n) is 10.0. The van der Waals surface area contributed by atoms with Crippen molar-refractivity contribution in [3.8, 4) is 0 Å². The Balaban J connectivity index is 1.92. The van der Waals surface area contributed by atoms with Crippen LogP contribution in [-0.4, -0.2) is 27.1 Å². The van der Waals surface area contributed by atoms with Crippen LogP contribution in [0, 0.1) is 6.92 Å². The van der Waals surface area contributed by atoms with Crippen molar-refractivity contribution in [2.75, 3.05) is 17.1 Å².